The molecule has 0 saturated carbocycles. The normalized spacial score (nSPS) is 24.5. The number of hydrogen-bond acceptors (Lipinski definition) is 19. The molecule has 70 heavy (non-hydrogen) atoms. The fraction of sp³-hybridized carbons (Fsp3) is 0.571. The molecule has 0 radical (unpaired) electrons. The maximum atomic E-state index is 13.3. The molecule has 23 nitrogen and oxygen atoms in total. The smallest absolute Gasteiger partial charge is 0.408 e. The standard InChI is InChI=1S/C42H58N10O13P2SSi2/c1-41(2,3)69(7,8)64-32-27(20-53)61-39(51-24-48-29-35(44-22-46-37(29)51)50-38(54)25-15-12-11-13-16-25)34(32)63-67(68,58-18-14-17-43)59-21-28-31(62-66(56)57)33(65-70(9,10)42(4,5)6)30(60-28)26-19-49-52-36(26)45-23-47-40(52)55/h11-13,15-16,19,22-24,27-28,30-34,39,53H,14,18,20-21H2,1-10H3,(H2-,44,45,46,47,49,50,54,55,56,57)/p+1/t27-,28-,30+,31-,32-,33+,34-,39-,67?/m1/s1. The van der Waals surface area contributed by atoms with Crippen molar-refractivity contribution < 1.29 is 55.8 Å². The van der Waals surface area contributed by atoms with Crippen LogP contribution in [0.15, 0.2) is 60.3 Å². The van der Waals surface area contributed by atoms with Crippen LogP contribution >= 0.6 is 15.0 Å². The lowest BCUT2D eigenvalue weighted by atomic mass is 10.0. The highest BCUT2D eigenvalue weighted by Gasteiger charge is 2.57. The number of nitrogens with one attached hydrogen (secondary N) is 2. The molecule has 7 rings (SSSR count). The van der Waals surface area contributed by atoms with Crippen LogP contribution in [0.25, 0.3) is 16.8 Å². The van der Waals surface area contributed by atoms with Gasteiger partial charge in [-0.05, 0) is 60.2 Å². The van der Waals surface area contributed by atoms with Crippen LogP contribution in [0.1, 0.15) is 76.2 Å². The third-order valence-electron chi connectivity index (χ3n) is 13.1. The molecule has 5 aromatic rings. The van der Waals surface area contributed by atoms with Gasteiger partial charge in [0.15, 0.2) is 51.6 Å². The van der Waals surface area contributed by atoms with Crippen LogP contribution < -0.4 is 11.0 Å². The molecule has 2 aliphatic heterocycles. The van der Waals surface area contributed by atoms with Gasteiger partial charge in [-0.15, -0.1) is 9.42 Å². The van der Waals surface area contributed by atoms with E-state index in [1.165, 1.54) is 25.2 Å². The molecule has 6 heterocycles. The molecule has 28 heteroatoms. The average molecular weight is 1060 g/mol. The first-order chi connectivity index (χ1) is 32.9. The summed E-state index contributed by atoms with van der Waals surface area (Å²) in [6.07, 6.45) is -3.80. The summed E-state index contributed by atoms with van der Waals surface area (Å²) in [4.78, 5) is 56.5. The van der Waals surface area contributed by atoms with Gasteiger partial charge in [0.2, 0.25) is 0 Å². The molecule has 0 spiro atoms. The van der Waals surface area contributed by atoms with Gasteiger partial charge in [0.1, 0.15) is 43.0 Å². The molecule has 1 amide bonds. The minimum Gasteiger partial charge on any atom is -0.408 e. The predicted molar refractivity (Wildman–Crippen MR) is 262 cm³/mol. The lowest BCUT2D eigenvalue weighted by molar-refractivity contribution is -0.0522. The molecular formula is C42H59N10O13P2SSi2+. The van der Waals surface area contributed by atoms with Crippen molar-refractivity contribution >= 4 is 72.0 Å². The number of carbonyl (C=O) groups excluding carboxylic acids is 1. The molecule has 0 bridgehead atoms. The number of ether oxygens (including phenoxy) is 2. The summed E-state index contributed by atoms with van der Waals surface area (Å²) in [6.45, 7) is 15.0. The van der Waals surface area contributed by atoms with Crippen molar-refractivity contribution in [3.63, 3.8) is 0 Å². The number of aliphatic hydroxyl groups excluding tert-OH is 1. The van der Waals surface area contributed by atoms with E-state index in [4.69, 9.17) is 48.2 Å². The van der Waals surface area contributed by atoms with E-state index >= 15 is 0 Å². The van der Waals surface area contributed by atoms with E-state index in [2.05, 4.69) is 56.1 Å². The van der Waals surface area contributed by atoms with Crippen molar-refractivity contribution in [2.24, 2.45) is 0 Å². The predicted octanol–water partition coefficient (Wildman–Crippen LogP) is 6.21. The quantitative estimate of drug-likeness (QED) is 0.0406. The number of anilines is 1. The van der Waals surface area contributed by atoms with E-state index in [0.717, 1.165) is 4.52 Å². The Balaban J connectivity index is 1.27. The Morgan fingerprint density at radius 2 is 1.64 bits per heavy atom. The molecule has 2 saturated heterocycles. The van der Waals surface area contributed by atoms with Crippen molar-refractivity contribution in [3.05, 3.63) is 77.1 Å². The number of rotatable bonds is 19. The largest absolute Gasteiger partial charge is 0.695 e. The number of aliphatic hydroxyl groups is 1. The SMILES string of the molecule is CC(C)(C)[Si](C)(C)O[C@@H]1[C@H](O[P+](=O)O)[C@@H](COP(=S)(OCCC#N)O[C@@H]2[C@H](O[Si](C)(C)C(C)(C)C)[C@@H](CO)O[C@H]2n2cnc3c(NC(=O)c4ccccc4)ncnc32)O[C@H]1c1cnn2c(=O)[nH]cnc12. The molecule has 4 N–H and O–H groups in total. The van der Waals surface area contributed by atoms with E-state index in [1.54, 1.807) is 34.9 Å². The Morgan fingerprint density at radius 1 is 0.957 bits per heavy atom. The lowest BCUT2D eigenvalue weighted by Gasteiger charge is -2.41. The molecule has 0 aliphatic carbocycles. The summed E-state index contributed by atoms with van der Waals surface area (Å²) in [5.74, 6) is -0.309. The molecule has 1 aromatic carbocycles. The number of imidazole rings is 1. The van der Waals surface area contributed by atoms with Gasteiger partial charge in [0.05, 0.1) is 51.2 Å². The summed E-state index contributed by atoms with van der Waals surface area (Å²) in [6, 6.07) is 10.6. The monoisotopic (exact) mass is 1060 g/mol. The van der Waals surface area contributed by atoms with Crippen LogP contribution in [0.5, 0.6) is 0 Å². The number of fused-ring (bicyclic) bond motifs is 2. The molecule has 4 aromatic heterocycles. The number of benzene rings is 1. The van der Waals surface area contributed by atoms with Crippen LogP contribution in [-0.4, -0.2) is 128 Å². The highest BCUT2D eigenvalue weighted by molar-refractivity contribution is 8.07. The van der Waals surface area contributed by atoms with Crippen LogP contribution in [0.2, 0.25) is 36.3 Å². The lowest BCUT2D eigenvalue weighted by Crippen LogP contribution is -2.50. The third kappa shape index (κ3) is 11.4. The van der Waals surface area contributed by atoms with Gasteiger partial charge in [-0.2, -0.15) is 14.9 Å². The first-order valence-corrected chi connectivity index (χ1v) is 31.9. The zero-order chi connectivity index (χ0) is 51.0. The summed E-state index contributed by atoms with van der Waals surface area (Å²) in [5.41, 5.74) is 0.762. The summed E-state index contributed by atoms with van der Waals surface area (Å²) in [7, 11) is -8.71. The van der Waals surface area contributed by atoms with Gasteiger partial charge in [-0.1, -0.05) is 59.7 Å². The number of nitrogens with zero attached hydrogens (tertiary/aromatic N) is 8. The number of aromatic amines is 1. The summed E-state index contributed by atoms with van der Waals surface area (Å²) >= 11 is 6.19. The van der Waals surface area contributed by atoms with Crippen molar-refractivity contribution in [2.45, 2.75) is 133 Å². The Bertz CT molecular complexity index is 2840. The van der Waals surface area contributed by atoms with Gasteiger partial charge in [0.25, 0.3) is 5.91 Å². The van der Waals surface area contributed by atoms with Gasteiger partial charge in [0, 0.05) is 15.7 Å². The molecule has 10 atom stereocenters. The highest BCUT2D eigenvalue weighted by atomic mass is 32.5. The van der Waals surface area contributed by atoms with Crippen molar-refractivity contribution in [1.82, 2.24) is 39.1 Å². The van der Waals surface area contributed by atoms with Crippen molar-refractivity contribution in [2.75, 3.05) is 25.1 Å². The molecular weight excluding hydrogens is 1000 g/mol. The maximum absolute atomic E-state index is 13.3. The second-order valence-electron chi connectivity index (χ2n) is 19.8. The number of H-pyrrole nitrogens is 1. The Labute approximate surface area is 412 Å². The molecule has 2 aliphatic rings. The number of carbonyl (C=O) groups is 1. The number of nitriles is 1. The topological polar surface area (TPSA) is 291 Å². The van der Waals surface area contributed by atoms with E-state index in [9.17, 15) is 29.4 Å². The van der Waals surface area contributed by atoms with Crippen LogP contribution in [0, 0.1) is 11.3 Å². The van der Waals surface area contributed by atoms with Gasteiger partial charge in [-0.25, -0.2) is 24.7 Å². The minimum atomic E-state index is -4.11. The second-order valence-corrected chi connectivity index (χ2v) is 33.0. The van der Waals surface area contributed by atoms with E-state index in [-0.39, 0.29) is 45.7 Å². The number of aromatic nitrogens is 8. The summed E-state index contributed by atoms with van der Waals surface area (Å²) < 4.78 is 67.8. The third-order valence-corrected chi connectivity index (χ3v) is 24.8. The average Bonchev–Trinajstić information content (AvgIpc) is 4.07. The zero-order valence-electron chi connectivity index (χ0n) is 40.4. The van der Waals surface area contributed by atoms with Crippen LogP contribution in [0.3, 0.4) is 0 Å². The Morgan fingerprint density at radius 3 is 2.29 bits per heavy atom. The molecule has 2 fully saturated rings. The first kappa shape index (κ1) is 53.7. The maximum Gasteiger partial charge on any atom is 0.695 e. The van der Waals surface area contributed by atoms with Crippen molar-refractivity contribution in [1.29, 1.82) is 5.26 Å². The summed E-state index contributed by atoms with van der Waals surface area (Å²) in [5, 5.41) is 26.9. The van der Waals surface area contributed by atoms with Gasteiger partial charge in [-0.3, -0.25) is 18.9 Å². The van der Waals surface area contributed by atoms with Crippen LogP contribution in [-0.2, 0) is 52.8 Å². The van der Waals surface area contributed by atoms with Crippen molar-refractivity contribution in [3.8, 4) is 6.07 Å². The van der Waals surface area contributed by atoms with E-state index in [0.29, 0.717) is 11.1 Å². The fourth-order valence-electron chi connectivity index (χ4n) is 7.40. The second kappa shape index (κ2) is 21.1. The Kier molecular flexibility index (Phi) is 16.2. The van der Waals surface area contributed by atoms with Crippen LogP contribution in [0.4, 0.5) is 5.82 Å². The Hall–Kier alpha value is -4.14. The van der Waals surface area contributed by atoms with Gasteiger partial charge >= 0.3 is 20.7 Å². The van der Waals surface area contributed by atoms with E-state index in [1.807, 2.05) is 53.0 Å². The molecule has 378 valence electrons. The number of amides is 1. The molecule has 2 unspecified atom stereocenters. The minimum absolute atomic E-state index is 0.110. The highest BCUT2D eigenvalue weighted by Crippen LogP contribution is 2.57. The first-order valence-electron chi connectivity index (χ1n) is 22.4. The fourth-order valence-corrected chi connectivity index (χ4v) is 12.5. The number of hydrogen-bond donors (Lipinski definition) is 4. The van der Waals surface area contributed by atoms with Gasteiger partial charge < -0.3 is 37.8 Å². The van der Waals surface area contributed by atoms with E-state index < -0.39 is 105 Å². The zero-order valence-corrected chi connectivity index (χ0v) is 45.0.